The van der Waals surface area contributed by atoms with Crippen molar-refractivity contribution in [2.24, 2.45) is 0 Å². The van der Waals surface area contributed by atoms with E-state index in [1.807, 2.05) is 49.4 Å². The average molecular weight is 389 g/mol. The highest BCUT2D eigenvalue weighted by Crippen LogP contribution is 2.13. The van der Waals surface area contributed by atoms with Crippen LogP contribution in [0.25, 0.3) is 0 Å². The molecule has 1 atom stereocenters. The van der Waals surface area contributed by atoms with Gasteiger partial charge in [0.05, 0.1) is 19.0 Å². The first-order chi connectivity index (χ1) is 13.0. The number of hydrogen-bond donors (Lipinski definition) is 1. The molecular formula is C21H28N2O3S. The summed E-state index contributed by atoms with van der Waals surface area (Å²) in [4.78, 5) is 2.33. The summed E-state index contributed by atoms with van der Waals surface area (Å²) < 4.78 is 33.6. The van der Waals surface area contributed by atoms with Crippen molar-refractivity contribution in [2.75, 3.05) is 32.8 Å². The first-order valence-electron chi connectivity index (χ1n) is 9.41. The van der Waals surface area contributed by atoms with Crippen LogP contribution in [0.4, 0.5) is 0 Å². The van der Waals surface area contributed by atoms with Crippen LogP contribution in [0, 0.1) is 6.92 Å². The fraction of sp³-hybridized carbons (Fsp3) is 0.429. The van der Waals surface area contributed by atoms with Crippen LogP contribution in [0.2, 0.25) is 0 Å². The molecule has 0 aromatic heterocycles. The number of benzene rings is 2. The predicted molar refractivity (Wildman–Crippen MR) is 108 cm³/mol. The van der Waals surface area contributed by atoms with E-state index in [9.17, 15) is 8.42 Å². The zero-order valence-electron chi connectivity index (χ0n) is 15.8. The summed E-state index contributed by atoms with van der Waals surface area (Å²) in [5.41, 5.74) is 3.06. The van der Waals surface area contributed by atoms with Crippen molar-refractivity contribution in [3.63, 3.8) is 0 Å². The van der Waals surface area contributed by atoms with Gasteiger partial charge < -0.3 is 4.74 Å². The van der Waals surface area contributed by atoms with Gasteiger partial charge in [-0.2, -0.15) is 0 Å². The fourth-order valence-electron chi connectivity index (χ4n) is 3.41. The van der Waals surface area contributed by atoms with E-state index >= 15 is 0 Å². The number of rotatable bonds is 8. The highest BCUT2D eigenvalue weighted by molar-refractivity contribution is 7.88. The van der Waals surface area contributed by atoms with Gasteiger partial charge in [-0.3, -0.25) is 4.90 Å². The number of nitrogens with zero attached hydrogens (tertiary/aromatic N) is 1. The largest absolute Gasteiger partial charge is 0.379 e. The van der Waals surface area contributed by atoms with E-state index in [1.165, 1.54) is 5.56 Å². The molecule has 0 saturated carbocycles. The van der Waals surface area contributed by atoms with Gasteiger partial charge in [0.15, 0.2) is 0 Å². The molecule has 2 aromatic carbocycles. The molecule has 0 amide bonds. The molecule has 146 valence electrons. The van der Waals surface area contributed by atoms with Gasteiger partial charge in [-0.05, 0) is 30.0 Å². The summed E-state index contributed by atoms with van der Waals surface area (Å²) in [7, 11) is -3.39. The zero-order valence-corrected chi connectivity index (χ0v) is 16.6. The first-order valence-corrected chi connectivity index (χ1v) is 11.1. The van der Waals surface area contributed by atoms with Crippen LogP contribution in [0.3, 0.4) is 0 Å². The Hall–Kier alpha value is -1.73. The second-order valence-electron chi connectivity index (χ2n) is 7.03. The van der Waals surface area contributed by atoms with Gasteiger partial charge >= 0.3 is 0 Å². The SMILES string of the molecule is Cc1ccccc1CS(=O)(=O)NCC(Cc1ccccc1)N1CCOCC1. The second kappa shape index (κ2) is 9.46. The Balaban J connectivity index is 1.66. The van der Waals surface area contributed by atoms with Gasteiger partial charge in [0.25, 0.3) is 0 Å². The number of ether oxygens (including phenoxy) is 1. The molecule has 27 heavy (non-hydrogen) atoms. The number of sulfonamides is 1. The van der Waals surface area contributed by atoms with Crippen molar-refractivity contribution in [3.8, 4) is 0 Å². The molecule has 1 heterocycles. The maximum Gasteiger partial charge on any atom is 0.215 e. The normalized spacial score (nSPS) is 16.9. The molecule has 0 spiro atoms. The number of nitrogens with one attached hydrogen (secondary N) is 1. The van der Waals surface area contributed by atoms with E-state index in [0.29, 0.717) is 19.8 Å². The summed E-state index contributed by atoms with van der Waals surface area (Å²) in [6.07, 6.45) is 0.813. The van der Waals surface area contributed by atoms with E-state index in [2.05, 4.69) is 21.8 Å². The smallest absolute Gasteiger partial charge is 0.215 e. The van der Waals surface area contributed by atoms with Gasteiger partial charge in [0.1, 0.15) is 0 Å². The highest BCUT2D eigenvalue weighted by atomic mass is 32.2. The van der Waals surface area contributed by atoms with Crippen LogP contribution < -0.4 is 4.72 Å². The average Bonchev–Trinajstić information content (AvgIpc) is 2.68. The van der Waals surface area contributed by atoms with Crippen LogP contribution in [-0.2, 0) is 26.9 Å². The van der Waals surface area contributed by atoms with Gasteiger partial charge in [0.2, 0.25) is 10.0 Å². The highest BCUT2D eigenvalue weighted by Gasteiger charge is 2.23. The fourth-order valence-corrected chi connectivity index (χ4v) is 4.69. The quantitative estimate of drug-likeness (QED) is 0.754. The van der Waals surface area contributed by atoms with E-state index in [0.717, 1.165) is 30.6 Å². The summed E-state index contributed by atoms with van der Waals surface area (Å²) in [5, 5.41) is 0. The Morgan fingerprint density at radius 2 is 1.70 bits per heavy atom. The molecule has 1 aliphatic rings. The van der Waals surface area contributed by atoms with Crippen LogP contribution in [-0.4, -0.2) is 52.2 Å². The predicted octanol–water partition coefficient (Wildman–Crippen LogP) is 2.36. The molecule has 2 aromatic rings. The Morgan fingerprint density at radius 3 is 2.41 bits per heavy atom. The molecule has 1 fully saturated rings. The minimum atomic E-state index is -3.39. The lowest BCUT2D eigenvalue weighted by atomic mass is 10.0. The standard InChI is InChI=1S/C21H28N2O3S/c1-18-7-5-6-10-20(18)17-27(24,25)22-16-21(23-11-13-26-14-12-23)15-19-8-3-2-4-9-19/h2-10,21-22H,11-17H2,1H3. The molecule has 1 N–H and O–H groups in total. The lowest BCUT2D eigenvalue weighted by molar-refractivity contribution is 0.0177. The summed E-state index contributed by atoms with van der Waals surface area (Å²) >= 11 is 0. The number of hydrogen-bond acceptors (Lipinski definition) is 4. The van der Waals surface area contributed by atoms with Crippen molar-refractivity contribution >= 4 is 10.0 Å². The molecule has 0 aliphatic carbocycles. The molecule has 1 saturated heterocycles. The molecule has 1 unspecified atom stereocenters. The molecule has 0 radical (unpaired) electrons. The monoisotopic (exact) mass is 388 g/mol. The van der Waals surface area contributed by atoms with Crippen LogP contribution in [0.15, 0.2) is 54.6 Å². The van der Waals surface area contributed by atoms with E-state index in [-0.39, 0.29) is 11.8 Å². The van der Waals surface area contributed by atoms with Gasteiger partial charge in [-0.15, -0.1) is 0 Å². The Bertz CT molecular complexity index is 818. The second-order valence-corrected chi connectivity index (χ2v) is 8.83. The van der Waals surface area contributed by atoms with Gasteiger partial charge in [0, 0.05) is 25.7 Å². The van der Waals surface area contributed by atoms with Crippen molar-refractivity contribution in [1.82, 2.24) is 9.62 Å². The lowest BCUT2D eigenvalue weighted by Gasteiger charge is -2.34. The topological polar surface area (TPSA) is 58.6 Å². The summed E-state index contributed by atoms with van der Waals surface area (Å²) in [5.74, 6) is 0.0147. The van der Waals surface area contributed by atoms with Crippen LogP contribution >= 0.6 is 0 Å². The van der Waals surface area contributed by atoms with Crippen molar-refractivity contribution in [3.05, 3.63) is 71.3 Å². The third kappa shape index (κ3) is 6.14. The Labute approximate surface area is 162 Å². The van der Waals surface area contributed by atoms with E-state index < -0.39 is 10.0 Å². The Kier molecular flexibility index (Phi) is 7.01. The third-order valence-electron chi connectivity index (χ3n) is 5.02. The van der Waals surface area contributed by atoms with Crippen molar-refractivity contribution < 1.29 is 13.2 Å². The van der Waals surface area contributed by atoms with Crippen LogP contribution in [0.1, 0.15) is 16.7 Å². The van der Waals surface area contributed by atoms with Crippen LogP contribution in [0.5, 0.6) is 0 Å². The number of morpholine rings is 1. The third-order valence-corrected chi connectivity index (χ3v) is 6.32. The lowest BCUT2D eigenvalue weighted by Crippen LogP contribution is -2.49. The van der Waals surface area contributed by atoms with Crippen molar-refractivity contribution in [1.29, 1.82) is 0 Å². The minimum absolute atomic E-state index is 0.0147. The molecule has 6 heteroatoms. The van der Waals surface area contributed by atoms with E-state index in [4.69, 9.17) is 4.74 Å². The Morgan fingerprint density at radius 1 is 1.04 bits per heavy atom. The first kappa shape index (κ1) is 20.0. The molecule has 1 aliphatic heterocycles. The maximum atomic E-state index is 12.6. The van der Waals surface area contributed by atoms with Crippen molar-refractivity contribution in [2.45, 2.75) is 25.1 Å². The molecule has 0 bridgehead atoms. The van der Waals surface area contributed by atoms with Gasteiger partial charge in [-0.1, -0.05) is 54.6 Å². The zero-order chi connectivity index (χ0) is 19.1. The maximum absolute atomic E-state index is 12.6. The molecular weight excluding hydrogens is 360 g/mol. The van der Waals surface area contributed by atoms with E-state index in [1.54, 1.807) is 0 Å². The molecule has 3 rings (SSSR count). The minimum Gasteiger partial charge on any atom is -0.379 e. The number of aryl methyl sites for hydroxylation is 1. The summed E-state index contributed by atoms with van der Waals surface area (Å²) in [6, 6.07) is 18.0. The van der Waals surface area contributed by atoms with Gasteiger partial charge in [-0.25, -0.2) is 13.1 Å². The molecule has 5 nitrogen and oxygen atoms in total. The summed E-state index contributed by atoms with van der Waals surface area (Å²) in [6.45, 7) is 5.40.